The van der Waals surface area contributed by atoms with Crippen LogP contribution in [-0.2, 0) is 6.42 Å². The van der Waals surface area contributed by atoms with Crippen molar-refractivity contribution in [1.82, 2.24) is 0 Å². The highest BCUT2D eigenvalue weighted by atomic mass is 35.5. The zero-order valence-electron chi connectivity index (χ0n) is 9.77. The Kier molecular flexibility index (Phi) is 4.14. The van der Waals surface area contributed by atoms with Crippen LogP contribution in [0.3, 0.4) is 0 Å². The van der Waals surface area contributed by atoms with Gasteiger partial charge in [0.2, 0.25) is 0 Å². The van der Waals surface area contributed by atoms with E-state index in [0.29, 0.717) is 0 Å². The molecule has 0 bridgehead atoms. The first kappa shape index (κ1) is 12.5. The van der Waals surface area contributed by atoms with Gasteiger partial charge in [0.1, 0.15) is 0 Å². The summed E-state index contributed by atoms with van der Waals surface area (Å²) in [7, 11) is 0. The van der Waals surface area contributed by atoms with Crippen molar-refractivity contribution in [3.63, 3.8) is 0 Å². The van der Waals surface area contributed by atoms with E-state index in [-0.39, 0.29) is 4.21 Å². The Balaban J connectivity index is 2.04. The molecule has 2 aromatic carbocycles. The third-order valence-electron chi connectivity index (χ3n) is 2.44. The number of hydrogen-bond donors (Lipinski definition) is 0. The molecule has 0 fully saturated rings. The Morgan fingerprint density at radius 1 is 0.941 bits per heavy atom. The molecule has 0 aliphatic rings. The highest BCUT2D eigenvalue weighted by Crippen LogP contribution is 2.38. The minimum absolute atomic E-state index is 0.303. The SMILES string of the molecule is CC(Cl)(Cc1ccccc1)Sc1ccccc1. The van der Waals surface area contributed by atoms with Crippen molar-refractivity contribution in [3.8, 4) is 0 Å². The first-order valence-corrected chi connectivity index (χ1v) is 6.82. The Morgan fingerprint density at radius 2 is 1.47 bits per heavy atom. The molecule has 88 valence electrons. The Hall–Kier alpha value is -0.920. The van der Waals surface area contributed by atoms with Gasteiger partial charge < -0.3 is 0 Å². The van der Waals surface area contributed by atoms with Gasteiger partial charge in [-0.05, 0) is 24.6 Å². The van der Waals surface area contributed by atoms with E-state index in [9.17, 15) is 0 Å². The lowest BCUT2D eigenvalue weighted by atomic mass is 10.1. The highest BCUT2D eigenvalue weighted by molar-refractivity contribution is 8.01. The summed E-state index contributed by atoms with van der Waals surface area (Å²) < 4.78 is -0.303. The smallest absolute Gasteiger partial charge is 0.0954 e. The summed E-state index contributed by atoms with van der Waals surface area (Å²) in [5.41, 5.74) is 1.27. The summed E-state index contributed by atoms with van der Waals surface area (Å²) in [6, 6.07) is 20.7. The second-order valence-electron chi connectivity index (χ2n) is 4.18. The summed E-state index contributed by atoms with van der Waals surface area (Å²) in [6.07, 6.45) is 0.856. The van der Waals surface area contributed by atoms with Crippen molar-refractivity contribution in [1.29, 1.82) is 0 Å². The van der Waals surface area contributed by atoms with Crippen molar-refractivity contribution in [2.45, 2.75) is 22.4 Å². The molecule has 0 nitrogen and oxygen atoms in total. The van der Waals surface area contributed by atoms with Crippen LogP contribution in [-0.4, -0.2) is 4.21 Å². The van der Waals surface area contributed by atoms with Crippen LogP contribution in [0.1, 0.15) is 12.5 Å². The molecule has 17 heavy (non-hydrogen) atoms. The van der Waals surface area contributed by atoms with Crippen LogP contribution in [0, 0.1) is 0 Å². The van der Waals surface area contributed by atoms with E-state index in [1.807, 2.05) is 24.3 Å². The largest absolute Gasteiger partial charge is 0.107 e. The molecule has 0 N–H and O–H groups in total. The lowest BCUT2D eigenvalue weighted by Gasteiger charge is -2.21. The molecule has 0 saturated carbocycles. The van der Waals surface area contributed by atoms with Gasteiger partial charge in [0.05, 0.1) is 4.21 Å². The second kappa shape index (κ2) is 5.61. The third-order valence-corrected chi connectivity index (χ3v) is 3.88. The number of benzene rings is 2. The number of thioether (sulfide) groups is 1. The average Bonchev–Trinajstić information content (AvgIpc) is 2.30. The molecule has 0 amide bonds. The van der Waals surface area contributed by atoms with E-state index in [1.165, 1.54) is 10.5 Å². The van der Waals surface area contributed by atoms with Gasteiger partial charge in [-0.15, -0.1) is 23.4 Å². The van der Waals surface area contributed by atoms with Crippen LogP contribution < -0.4 is 0 Å². The molecule has 2 rings (SSSR count). The second-order valence-corrected chi connectivity index (χ2v) is 6.81. The van der Waals surface area contributed by atoms with Gasteiger partial charge in [0.15, 0.2) is 0 Å². The summed E-state index contributed by atoms with van der Waals surface area (Å²) in [4.78, 5) is 1.21. The van der Waals surface area contributed by atoms with Crippen molar-refractivity contribution in [2.24, 2.45) is 0 Å². The van der Waals surface area contributed by atoms with Crippen LogP contribution in [0.5, 0.6) is 0 Å². The van der Waals surface area contributed by atoms with Crippen molar-refractivity contribution in [3.05, 3.63) is 66.2 Å². The molecule has 0 aromatic heterocycles. The Labute approximate surface area is 112 Å². The molecule has 1 atom stereocenters. The lowest BCUT2D eigenvalue weighted by molar-refractivity contribution is 0.866. The van der Waals surface area contributed by atoms with E-state index < -0.39 is 0 Å². The van der Waals surface area contributed by atoms with Crippen molar-refractivity contribution >= 4 is 23.4 Å². The zero-order chi connectivity index (χ0) is 12.1. The van der Waals surface area contributed by atoms with Gasteiger partial charge in [-0.3, -0.25) is 0 Å². The molecule has 0 aliphatic heterocycles. The van der Waals surface area contributed by atoms with Gasteiger partial charge >= 0.3 is 0 Å². The fraction of sp³-hybridized carbons (Fsp3) is 0.200. The fourth-order valence-corrected chi connectivity index (χ4v) is 3.18. The van der Waals surface area contributed by atoms with Crippen molar-refractivity contribution in [2.75, 3.05) is 0 Å². The zero-order valence-corrected chi connectivity index (χ0v) is 11.3. The van der Waals surface area contributed by atoms with Crippen LogP contribution in [0.15, 0.2) is 65.6 Å². The first-order valence-electron chi connectivity index (χ1n) is 5.63. The van der Waals surface area contributed by atoms with Crippen LogP contribution >= 0.6 is 23.4 Å². The maximum Gasteiger partial charge on any atom is 0.0954 e. The quantitative estimate of drug-likeness (QED) is 0.553. The van der Waals surface area contributed by atoms with Gasteiger partial charge in [-0.25, -0.2) is 0 Å². The monoisotopic (exact) mass is 262 g/mol. The molecule has 0 radical (unpaired) electrons. The van der Waals surface area contributed by atoms with E-state index >= 15 is 0 Å². The molecular formula is C15H15ClS. The number of alkyl halides is 1. The molecule has 0 spiro atoms. The van der Waals surface area contributed by atoms with E-state index in [4.69, 9.17) is 11.6 Å². The minimum atomic E-state index is -0.303. The topological polar surface area (TPSA) is 0 Å². The molecule has 0 aliphatic carbocycles. The number of halogens is 1. The lowest BCUT2D eigenvalue weighted by Crippen LogP contribution is -2.14. The third kappa shape index (κ3) is 4.10. The predicted octanol–water partition coefficient (Wildman–Crippen LogP) is 4.98. The number of rotatable bonds is 4. The summed E-state index contributed by atoms with van der Waals surface area (Å²) >= 11 is 8.27. The van der Waals surface area contributed by atoms with Crippen LogP contribution in [0.4, 0.5) is 0 Å². The molecule has 1 unspecified atom stereocenters. The molecule has 0 heterocycles. The normalized spacial score (nSPS) is 14.2. The van der Waals surface area contributed by atoms with E-state index in [2.05, 4.69) is 43.3 Å². The predicted molar refractivity (Wildman–Crippen MR) is 76.7 cm³/mol. The maximum absolute atomic E-state index is 6.57. The van der Waals surface area contributed by atoms with E-state index in [1.54, 1.807) is 11.8 Å². The summed E-state index contributed by atoms with van der Waals surface area (Å²) in [5.74, 6) is 0. The fourth-order valence-electron chi connectivity index (χ4n) is 1.73. The average molecular weight is 263 g/mol. The minimum Gasteiger partial charge on any atom is -0.107 e. The molecular weight excluding hydrogens is 248 g/mol. The number of hydrogen-bond acceptors (Lipinski definition) is 1. The van der Waals surface area contributed by atoms with Crippen LogP contribution in [0.2, 0.25) is 0 Å². The van der Waals surface area contributed by atoms with Crippen LogP contribution in [0.25, 0.3) is 0 Å². The van der Waals surface area contributed by atoms with Gasteiger partial charge in [-0.2, -0.15) is 0 Å². The molecule has 0 saturated heterocycles. The Morgan fingerprint density at radius 3 is 2.06 bits per heavy atom. The standard InChI is InChI=1S/C15H15ClS/c1-15(16,12-13-8-4-2-5-9-13)17-14-10-6-3-7-11-14/h2-11H,12H2,1H3. The van der Waals surface area contributed by atoms with Gasteiger partial charge in [0.25, 0.3) is 0 Å². The van der Waals surface area contributed by atoms with Crippen molar-refractivity contribution < 1.29 is 0 Å². The van der Waals surface area contributed by atoms with E-state index in [0.717, 1.165) is 6.42 Å². The Bertz CT molecular complexity index is 407. The molecule has 2 heteroatoms. The summed E-state index contributed by atoms with van der Waals surface area (Å²) in [6.45, 7) is 2.07. The molecule has 2 aromatic rings. The summed E-state index contributed by atoms with van der Waals surface area (Å²) in [5, 5.41) is 0. The van der Waals surface area contributed by atoms with Gasteiger partial charge in [0, 0.05) is 11.3 Å². The maximum atomic E-state index is 6.57. The van der Waals surface area contributed by atoms with Gasteiger partial charge in [-0.1, -0.05) is 48.5 Å². The highest BCUT2D eigenvalue weighted by Gasteiger charge is 2.22. The first-order chi connectivity index (χ1) is 8.16.